The van der Waals surface area contributed by atoms with E-state index in [-0.39, 0.29) is 0 Å². The molecular weight excluding hydrogens is 212 g/mol. The molecule has 1 aromatic rings. The van der Waals surface area contributed by atoms with Gasteiger partial charge in [-0.15, -0.1) is 0 Å². The van der Waals surface area contributed by atoms with Crippen molar-refractivity contribution in [3.8, 4) is 0 Å². The minimum absolute atomic E-state index is 0.555. The first-order valence-electron chi connectivity index (χ1n) is 6.22. The molecule has 1 aromatic heterocycles. The fraction of sp³-hybridized carbons (Fsp3) is 0.615. The summed E-state index contributed by atoms with van der Waals surface area (Å²) in [7, 11) is 0. The number of pyridine rings is 1. The van der Waals surface area contributed by atoms with Crippen LogP contribution in [0.1, 0.15) is 27.7 Å². The smallest absolute Gasteiger partial charge is 0.125 e. The van der Waals surface area contributed by atoms with Crippen LogP contribution >= 0.6 is 0 Å². The van der Waals surface area contributed by atoms with Gasteiger partial charge in [0.05, 0.1) is 0 Å². The Hall–Kier alpha value is -1.29. The normalized spacial score (nSPS) is 11.5. The Morgan fingerprint density at radius 1 is 1.29 bits per heavy atom. The lowest BCUT2D eigenvalue weighted by atomic mass is 10.2. The van der Waals surface area contributed by atoms with Gasteiger partial charge in [-0.25, -0.2) is 4.98 Å². The van der Waals surface area contributed by atoms with Gasteiger partial charge in [0.2, 0.25) is 0 Å². The topological polar surface area (TPSA) is 54.2 Å². The predicted octanol–water partition coefficient (Wildman–Crippen LogP) is 2.19. The Kier molecular flexibility index (Phi) is 5.22. The van der Waals surface area contributed by atoms with E-state index in [2.05, 4.69) is 42.9 Å². The van der Waals surface area contributed by atoms with Crippen LogP contribution in [0.15, 0.2) is 18.3 Å². The highest BCUT2D eigenvalue weighted by Gasteiger charge is 2.12. The van der Waals surface area contributed by atoms with Gasteiger partial charge in [-0.1, -0.05) is 0 Å². The third kappa shape index (κ3) is 4.61. The van der Waals surface area contributed by atoms with E-state index in [1.54, 1.807) is 6.20 Å². The Balaban J connectivity index is 2.41. The number of hydrogen-bond acceptors (Lipinski definition) is 4. The van der Waals surface area contributed by atoms with Gasteiger partial charge in [-0.05, 0) is 33.8 Å². The summed E-state index contributed by atoms with van der Waals surface area (Å²) in [5.41, 5.74) is 6.66. The van der Waals surface area contributed by atoms with E-state index in [4.69, 9.17) is 5.73 Å². The standard InChI is InChI=1S/C13H24N4/c1-10(2)17(11(3)4)8-7-15-12-5-6-16-13(14)9-12/h5-6,9-11H,7-8H2,1-4H3,(H3,14,15,16). The highest BCUT2D eigenvalue weighted by atomic mass is 15.2. The first-order chi connectivity index (χ1) is 8.00. The summed E-state index contributed by atoms with van der Waals surface area (Å²) in [6.07, 6.45) is 1.72. The van der Waals surface area contributed by atoms with Crippen LogP contribution < -0.4 is 11.1 Å². The van der Waals surface area contributed by atoms with Crippen molar-refractivity contribution in [2.24, 2.45) is 0 Å². The first kappa shape index (κ1) is 13.8. The predicted molar refractivity (Wildman–Crippen MR) is 74.1 cm³/mol. The van der Waals surface area contributed by atoms with Crippen LogP contribution in [0.4, 0.5) is 11.5 Å². The van der Waals surface area contributed by atoms with Gasteiger partial charge >= 0.3 is 0 Å². The average molecular weight is 236 g/mol. The number of anilines is 2. The lowest BCUT2D eigenvalue weighted by molar-refractivity contribution is 0.182. The SMILES string of the molecule is CC(C)N(CCNc1ccnc(N)c1)C(C)C. The molecule has 0 aliphatic carbocycles. The summed E-state index contributed by atoms with van der Waals surface area (Å²) in [5, 5.41) is 3.36. The molecule has 0 atom stereocenters. The molecule has 0 aromatic carbocycles. The van der Waals surface area contributed by atoms with Crippen molar-refractivity contribution in [1.29, 1.82) is 0 Å². The number of aromatic nitrogens is 1. The summed E-state index contributed by atoms with van der Waals surface area (Å²) in [5.74, 6) is 0.555. The van der Waals surface area contributed by atoms with Gasteiger partial charge in [0.25, 0.3) is 0 Å². The van der Waals surface area contributed by atoms with Crippen LogP contribution in [0.25, 0.3) is 0 Å². The van der Waals surface area contributed by atoms with Crippen LogP contribution in [0.2, 0.25) is 0 Å². The fourth-order valence-corrected chi connectivity index (χ4v) is 2.00. The lowest BCUT2D eigenvalue weighted by Gasteiger charge is -2.30. The Labute approximate surface area is 104 Å². The summed E-state index contributed by atoms with van der Waals surface area (Å²) >= 11 is 0. The van der Waals surface area contributed by atoms with Crippen LogP contribution in [0, 0.1) is 0 Å². The molecule has 3 N–H and O–H groups in total. The van der Waals surface area contributed by atoms with Gasteiger partial charge in [0, 0.05) is 43.1 Å². The second-order valence-corrected chi connectivity index (χ2v) is 4.82. The Morgan fingerprint density at radius 3 is 2.47 bits per heavy atom. The van der Waals surface area contributed by atoms with Crippen LogP contribution in [0.3, 0.4) is 0 Å². The Bertz CT molecular complexity index is 328. The lowest BCUT2D eigenvalue weighted by Crippen LogP contribution is -2.40. The van der Waals surface area contributed by atoms with Crippen molar-refractivity contribution in [3.63, 3.8) is 0 Å². The molecule has 0 unspecified atom stereocenters. The highest BCUT2D eigenvalue weighted by molar-refractivity contribution is 5.49. The van der Waals surface area contributed by atoms with Crippen molar-refractivity contribution in [2.75, 3.05) is 24.1 Å². The fourth-order valence-electron chi connectivity index (χ4n) is 2.00. The summed E-state index contributed by atoms with van der Waals surface area (Å²) in [4.78, 5) is 6.42. The second-order valence-electron chi connectivity index (χ2n) is 4.82. The third-order valence-electron chi connectivity index (χ3n) is 2.81. The van der Waals surface area contributed by atoms with E-state index >= 15 is 0 Å². The van der Waals surface area contributed by atoms with Crippen molar-refractivity contribution in [1.82, 2.24) is 9.88 Å². The first-order valence-corrected chi connectivity index (χ1v) is 6.22. The molecule has 0 radical (unpaired) electrons. The maximum Gasteiger partial charge on any atom is 0.125 e. The monoisotopic (exact) mass is 236 g/mol. The summed E-state index contributed by atoms with van der Waals surface area (Å²) in [6.45, 7) is 10.8. The minimum atomic E-state index is 0.555. The zero-order valence-corrected chi connectivity index (χ0v) is 11.3. The quantitative estimate of drug-likeness (QED) is 0.795. The van der Waals surface area contributed by atoms with Crippen LogP contribution in [-0.4, -0.2) is 35.1 Å². The highest BCUT2D eigenvalue weighted by Crippen LogP contribution is 2.09. The second kappa shape index (κ2) is 6.45. The van der Waals surface area contributed by atoms with E-state index in [1.807, 2.05) is 12.1 Å². The molecule has 0 aliphatic rings. The number of nitrogens with zero attached hydrogens (tertiary/aromatic N) is 2. The van der Waals surface area contributed by atoms with Crippen LogP contribution in [0.5, 0.6) is 0 Å². The van der Waals surface area contributed by atoms with E-state index in [0.717, 1.165) is 18.8 Å². The molecule has 17 heavy (non-hydrogen) atoms. The van der Waals surface area contributed by atoms with Crippen molar-refractivity contribution >= 4 is 11.5 Å². The molecule has 4 heteroatoms. The zero-order valence-electron chi connectivity index (χ0n) is 11.3. The molecule has 0 amide bonds. The number of nitrogen functional groups attached to an aromatic ring is 1. The van der Waals surface area contributed by atoms with E-state index < -0.39 is 0 Å². The molecule has 0 saturated carbocycles. The molecular formula is C13H24N4. The minimum Gasteiger partial charge on any atom is -0.384 e. The third-order valence-corrected chi connectivity index (χ3v) is 2.81. The maximum atomic E-state index is 5.63. The molecule has 0 bridgehead atoms. The van der Waals surface area contributed by atoms with E-state index in [0.29, 0.717) is 17.9 Å². The molecule has 0 spiro atoms. The molecule has 1 rings (SSSR count). The molecule has 1 heterocycles. The molecule has 4 nitrogen and oxygen atoms in total. The number of hydrogen-bond donors (Lipinski definition) is 2. The van der Waals surface area contributed by atoms with E-state index in [1.165, 1.54) is 0 Å². The maximum absolute atomic E-state index is 5.63. The number of rotatable bonds is 6. The molecule has 96 valence electrons. The van der Waals surface area contributed by atoms with Crippen molar-refractivity contribution in [3.05, 3.63) is 18.3 Å². The van der Waals surface area contributed by atoms with Crippen molar-refractivity contribution in [2.45, 2.75) is 39.8 Å². The Morgan fingerprint density at radius 2 is 1.94 bits per heavy atom. The molecule has 0 aliphatic heterocycles. The van der Waals surface area contributed by atoms with Gasteiger partial charge in [0.1, 0.15) is 5.82 Å². The summed E-state index contributed by atoms with van der Waals surface area (Å²) in [6, 6.07) is 4.93. The van der Waals surface area contributed by atoms with Crippen LogP contribution in [-0.2, 0) is 0 Å². The number of nitrogens with two attached hydrogens (primary N) is 1. The zero-order chi connectivity index (χ0) is 12.8. The van der Waals surface area contributed by atoms with Gasteiger partial charge in [0.15, 0.2) is 0 Å². The van der Waals surface area contributed by atoms with Crippen molar-refractivity contribution < 1.29 is 0 Å². The van der Waals surface area contributed by atoms with E-state index in [9.17, 15) is 0 Å². The van der Waals surface area contributed by atoms with Gasteiger partial charge < -0.3 is 11.1 Å². The number of nitrogens with one attached hydrogen (secondary N) is 1. The van der Waals surface area contributed by atoms with Gasteiger partial charge in [-0.3, -0.25) is 4.90 Å². The molecule has 0 fully saturated rings. The largest absolute Gasteiger partial charge is 0.384 e. The van der Waals surface area contributed by atoms with Gasteiger partial charge in [-0.2, -0.15) is 0 Å². The average Bonchev–Trinajstić information content (AvgIpc) is 2.23. The summed E-state index contributed by atoms with van der Waals surface area (Å²) < 4.78 is 0. The molecule has 0 saturated heterocycles.